The van der Waals surface area contributed by atoms with E-state index in [-0.39, 0.29) is 11.3 Å². The molecule has 3 rings (SSSR count). The molecule has 2 N–H and O–H groups in total. The number of halogens is 1. The number of benzene rings is 2. The number of carbonyl (C=O) groups is 2. The van der Waals surface area contributed by atoms with E-state index in [1.54, 1.807) is 18.3 Å². The molecule has 1 unspecified atom stereocenters. The first-order chi connectivity index (χ1) is 13.6. The van der Waals surface area contributed by atoms with Crippen LogP contribution in [0, 0.1) is 5.82 Å². The van der Waals surface area contributed by atoms with Gasteiger partial charge >= 0.3 is 12.0 Å². The van der Waals surface area contributed by atoms with Crippen LogP contribution < -0.4 is 10.6 Å². The maximum absolute atomic E-state index is 14.1. The van der Waals surface area contributed by atoms with Crippen molar-refractivity contribution < 1.29 is 18.7 Å². The number of rotatable bonds is 5. The fraction of sp³-hybridized carbons (Fsp3) is 0.0952. The van der Waals surface area contributed by atoms with Crippen molar-refractivity contribution in [2.75, 3.05) is 12.4 Å². The molecule has 0 aliphatic carbocycles. The number of carbonyl (C=O) groups excluding carboxylic acids is 2. The zero-order chi connectivity index (χ0) is 19.9. The smallest absolute Gasteiger partial charge is 0.337 e. The molecular formula is C21H18FN3O3. The number of hydrogen-bond donors (Lipinski definition) is 2. The lowest BCUT2D eigenvalue weighted by molar-refractivity contribution is 0.0600. The van der Waals surface area contributed by atoms with Crippen LogP contribution in [0.15, 0.2) is 72.9 Å². The third kappa shape index (κ3) is 4.50. The molecule has 1 aromatic heterocycles. The van der Waals surface area contributed by atoms with Gasteiger partial charge in [0.15, 0.2) is 0 Å². The fourth-order valence-corrected chi connectivity index (χ4v) is 2.68. The van der Waals surface area contributed by atoms with Crippen LogP contribution in [0.5, 0.6) is 0 Å². The zero-order valence-electron chi connectivity index (χ0n) is 15.1. The predicted molar refractivity (Wildman–Crippen MR) is 102 cm³/mol. The number of nitrogens with zero attached hydrogens (tertiary/aromatic N) is 1. The van der Waals surface area contributed by atoms with Crippen LogP contribution >= 0.6 is 0 Å². The molecule has 0 saturated carbocycles. The fourth-order valence-electron chi connectivity index (χ4n) is 2.68. The van der Waals surface area contributed by atoms with Crippen LogP contribution in [-0.2, 0) is 4.74 Å². The van der Waals surface area contributed by atoms with Crippen LogP contribution in [0.1, 0.15) is 27.7 Å². The summed E-state index contributed by atoms with van der Waals surface area (Å²) in [5, 5.41) is 5.23. The second-order valence-corrected chi connectivity index (χ2v) is 5.88. The molecule has 0 saturated heterocycles. The maximum atomic E-state index is 14.1. The summed E-state index contributed by atoms with van der Waals surface area (Å²) in [7, 11) is 1.23. The largest absolute Gasteiger partial charge is 0.465 e. The van der Waals surface area contributed by atoms with Crippen molar-refractivity contribution in [3.05, 3.63) is 95.6 Å². The molecule has 2 amide bonds. The molecule has 1 heterocycles. The summed E-state index contributed by atoms with van der Waals surface area (Å²) in [5.74, 6) is -1.30. The Kier molecular flexibility index (Phi) is 5.96. The molecular weight excluding hydrogens is 361 g/mol. The Morgan fingerprint density at radius 2 is 1.79 bits per heavy atom. The number of hydrogen-bond acceptors (Lipinski definition) is 4. The molecule has 28 heavy (non-hydrogen) atoms. The summed E-state index contributed by atoms with van der Waals surface area (Å²) in [4.78, 5) is 28.5. The molecule has 0 spiro atoms. The monoisotopic (exact) mass is 379 g/mol. The predicted octanol–water partition coefficient (Wildman–Crippen LogP) is 3.92. The summed E-state index contributed by atoms with van der Waals surface area (Å²) in [6, 6.07) is 17.1. The van der Waals surface area contributed by atoms with Gasteiger partial charge in [-0.1, -0.05) is 36.4 Å². The molecule has 1 atom stereocenters. The van der Waals surface area contributed by atoms with E-state index < -0.39 is 23.9 Å². The Hall–Kier alpha value is -3.74. The van der Waals surface area contributed by atoms with E-state index in [4.69, 9.17) is 0 Å². The highest BCUT2D eigenvalue weighted by molar-refractivity contribution is 5.94. The number of esters is 1. The van der Waals surface area contributed by atoms with Crippen LogP contribution in [0.4, 0.5) is 14.9 Å². The second kappa shape index (κ2) is 8.77. The van der Waals surface area contributed by atoms with Crippen LogP contribution in [0.3, 0.4) is 0 Å². The van der Waals surface area contributed by atoms with Gasteiger partial charge in [0.25, 0.3) is 0 Å². The third-order valence-corrected chi connectivity index (χ3v) is 4.03. The summed E-state index contributed by atoms with van der Waals surface area (Å²) in [5.41, 5.74) is 1.45. The van der Waals surface area contributed by atoms with Gasteiger partial charge in [-0.2, -0.15) is 0 Å². The molecule has 2 aromatic carbocycles. The molecule has 0 aliphatic rings. The highest BCUT2D eigenvalue weighted by Gasteiger charge is 2.19. The number of pyridine rings is 1. The molecule has 0 radical (unpaired) electrons. The van der Waals surface area contributed by atoms with Crippen molar-refractivity contribution in [1.82, 2.24) is 10.3 Å². The summed E-state index contributed by atoms with van der Waals surface area (Å²) in [6.07, 6.45) is 1.63. The van der Waals surface area contributed by atoms with E-state index >= 15 is 0 Å². The number of urea groups is 1. The minimum absolute atomic E-state index is 0.128. The van der Waals surface area contributed by atoms with E-state index in [1.165, 1.54) is 19.2 Å². The van der Waals surface area contributed by atoms with Gasteiger partial charge in [-0.25, -0.2) is 14.0 Å². The molecule has 0 fully saturated rings. The average molecular weight is 379 g/mol. The highest BCUT2D eigenvalue weighted by atomic mass is 19.1. The summed E-state index contributed by atoms with van der Waals surface area (Å²) in [6.45, 7) is 0. The first kappa shape index (κ1) is 19.0. The summed E-state index contributed by atoms with van der Waals surface area (Å²) < 4.78 is 18.7. The van der Waals surface area contributed by atoms with Crippen molar-refractivity contribution in [1.29, 1.82) is 0 Å². The second-order valence-electron chi connectivity index (χ2n) is 5.88. The van der Waals surface area contributed by atoms with Crippen molar-refractivity contribution in [2.24, 2.45) is 0 Å². The number of aromatic nitrogens is 1. The Labute approximate surface area is 161 Å². The van der Waals surface area contributed by atoms with E-state index in [0.29, 0.717) is 5.69 Å². The van der Waals surface area contributed by atoms with Crippen molar-refractivity contribution in [2.45, 2.75) is 6.04 Å². The van der Waals surface area contributed by atoms with Crippen molar-refractivity contribution in [3.8, 4) is 0 Å². The van der Waals surface area contributed by atoms with Crippen LogP contribution in [0.25, 0.3) is 0 Å². The molecule has 0 bridgehead atoms. The van der Waals surface area contributed by atoms with Gasteiger partial charge in [0, 0.05) is 6.20 Å². The lowest BCUT2D eigenvalue weighted by atomic mass is 10.0. The van der Waals surface area contributed by atoms with E-state index in [2.05, 4.69) is 20.4 Å². The number of methoxy groups -OCH3 is 1. The average Bonchev–Trinajstić information content (AvgIpc) is 2.74. The Bertz CT molecular complexity index is 926. The number of amides is 2. The lowest BCUT2D eigenvalue weighted by Gasteiger charge is -2.19. The van der Waals surface area contributed by atoms with Gasteiger partial charge in [0.2, 0.25) is 0 Å². The topological polar surface area (TPSA) is 80.3 Å². The number of anilines is 1. The van der Waals surface area contributed by atoms with Gasteiger partial charge in [-0.3, -0.25) is 4.98 Å². The SMILES string of the molecule is COC(=O)c1ccc(F)c(NC(=O)NC(c2ccccc2)c2ccccn2)c1. The van der Waals surface area contributed by atoms with Crippen LogP contribution in [-0.4, -0.2) is 24.1 Å². The zero-order valence-corrected chi connectivity index (χ0v) is 15.1. The van der Waals surface area contributed by atoms with E-state index in [1.807, 2.05) is 36.4 Å². The Morgan fingerprint density at radius 1 is 1.04 bits per heavy atom. The Morgan fingerprint density at radius 3 is 2.46 bits per heavy atom. The highest BCUT2D eigenvalue weighted by Crippen LogP contribution is 2.21. The van der Waals surface area contributed by atoms with E-state index in [0.717, 1.165) is 11.6 Å². The summed E-state index contributed by atoms with van der Waals surface area (Å²) >= 11 is 0. The van der Waals surface area contributed by atoms with Gasteiger partial charge in [-0.05, 0) is 35.9 Å². The lowest BCUT2D eigenvalue weighted by Crippen LogP contribution is -2.34. The maximum Gasteiger partial charge on any atom is 0.337 e. The van der Waals surface area contributed by atoms with Crippen molar-refractivity contribution in [3.63, 3.8) is 0 Å². The molecule has 3 aromatic rings. The van der Waals surface area contributed by atoms with Crippen LogP contribution in [0.2, 0.25) is 0 Å². The standard InChI is InChI=1S/C21H18FN3O3/c1-28-20(26)15-10-11-16(22)18(13-15)24-21(27)25-19(14-7-3-2-4-8-14)17-9-5-6-12-23-17/h2-13,19H,1H3,(H2,24,25,27). The van der Waals surface area contributed by atoms with Gasteiger partial charge < -0.3 is 15.4 Å². The Balaban J connectivity index is 1.83. The first-order valence-corrected chi connectivity index (χ1v) is 8.49. The third-order valence-electron chi connectivity index (χ3n) is 4.03. The normalized spacial score (nSPS) is 11.4. The van der Waals surface area contributed by atoms with E-state index in [9.17, 15) is 14.0 Å². The van der Waals surface area contributed by atoms with Gasteiger partial charge in [0.05, 0.1) is 30.1 Å². The van der Waals surface area contributed by atoms with Gasteiger partial charge in [-0.15, -0.1) is 0 Å². The molecule has 142 valence electrons. The van der Waals surface area contributed by atoms with Gasteiger partial charge in [0.1, 0.15) is 5.82 Å². The number of ether oxygens (including phenoxy) is 1. The minimum Gasteiger partial charge on any atom is -0.465 e. The molecule has 7 heteroatoms. The molecule has 0 aliphatic heterocycles. The van der Waals surface area contributed by atoms with Crippen molar-refractivity contribution >= 4 is 17.7 Å². The number of nitrogens with one attached hydrogen (secondary N) is 2. The minimum atomic E-state index is -0.670. The first-order valence-electron chi connectivity index (χ1n) is 8.49. The molecule has 6 nitrogen and oxygen atoms in total. The quantitative estimate of drug-likeness (QED) is 0.659.